The lowest BCUT2D eigenvalue weighted by Gasteiger charge is -2.41. The maximum atomic E-state index is 14.0. The summed E-state index contributed by atoms with van der Waals surface area (Å²) in [5.74, 6) is -0.151. The van der Waals surface area contributed by atoms with Gasteiger partial charge in [-0.1, -0.05) is 25.1 Å². The Bertz CT molecular complexity index is 733. The van der Waals surface area contributed by atoms with E-state index in [-0.39, 0.29) is 18.5 Å². The highest BCUT2D eigenvalue weighted by Crippen LogP contribution is 2.20. The Balaban J connectivity index is 1.64. The number of hydrogen-bond donors (Lipinski definition) is 1. The van der Waals surface area contributed by atoms with Crippen molar-refractivity contribution in [2.75, 3.05) is 26.2 Å². The molecule has 0 saturated carbocycles. The van der Waals surface area contributed by atoms with E-state index in [9.17, 15) is 9.50 Å². The average Bonchev–Trinajstić information content (AvgIpc) is 3.00. The van der Waals surface area contributed by atoms with Crippen LogP contribution in [0.2, 0.25) is 0 Å². The van der Waals surface area contributed by atoms with E-state index in [4.69, 9.17) is 0 Å². The number of aryl methyl sites for hydroxylation is 1. The molecule has 1 saturated heterocycles. The van der Waals surface area contributed by atoms with Crippen LogP contribution in [0.15, 0.2) is 30.5 Å². The van der Waals surface area contributed by atoms with Gasteiger partial charge in [0, 0.05) is 68.7 Å². The second-order valence-electron chi connectivity index (χ2n) is 7.44. The molecule has 1 fully saturated rings. The second kappa shape index (κ2) is 9.44. The molecule has 6 heteroatoms. The zero-order chi connectivity index (χ0) is 19.2. The summed E-state index contributed by atoms with van der Waals surface area (Å²) in [4.78, 5) is 4.73. The highest BCUT2D eigenvalue weighted by Gasteiger charge is 2.27. The van der Waals surface area contributed by atoms with E-state index in [0.29, 0.717) is 13.0 Å². The second-order valence-corrected chi connectivity index (χ2v) is 7.44. The molecular formula is C21H31FN4O. The monoisotopic (exact) mass is 374 g/mol. The summed E-state index contributed by atoms with van der Waals surface area (Å²) in [6.45, 7) is 9.58. The molecule has 0 amide bonds. The molecule has 1 atom stereocenters. The zero-order valence-corrected chi connectivity index (χ0v) is 16.4. The summed E-state index contributed by atoms with van der Waals surface area (Å²) in [5.41, 5.74) is 3.24. The molecule has 27 heavy (non-hydrogen) atoms. The Labute approximate surface area is 161 Å². The largest absolute Gasteiger partial charge is 0.396 e. The maximum Gasteiger partial charge on any atom is 0.127 e. The van der Waals surface area contributed by atoms with E-state index < -0.39 is 0 Å². The maximum absolute atomic E-state index is 14.0. The van der Waals surface area contributed by atoms with Crippen molar-refractivity contribution in [2.45, 2.75) is 52.4 Å². The van der Waals surface area contributed by atoms with E-state index in [1.807, 2.05) is 18.3 Å². The molecule has 0 unspecified atom stereocenters. The van der Waals surface area contributed by atoms with Crippen molar-refractivity contribution in [2.24, 2.45) is 0 Å². The first-order chi connectivity index (χ1) is 13.1. The van der Waals surface area contributed by atoms with Crippen LogP contribution in [0.5, 0.6) is 0 Å². The number of benzene rings is 1. The summed E-state index contributed by atoms with van der Waals surface area (Å²) in [7, 11) is 0. The van der Waals surface area contributed by atoms with E-state index >= 15 is 0 Å². The summed E-state index contributed by atoms with van der Waals surface area (Å²) in [5, 5.41) is 14.0. The number of aliphatic hydroxyl groups excluding tert-OH is 1. The summed E-state index contributed by atoms with van der Waals surface area (Å²) in [6, 6.07) is 7.21. The molecule has 1 aliphatic heterocycles. The van der Waals surface area contributed by atoms with Gasteiger partial charge in [0.25, 0.3) is 0 Å². The topological polar surface area (TPSA) is 44.5 Å². The molecule has 0 aliphatic carbocycles. The van der Waals surface area contributed by atoms with Crippen LogP contribution in [0, 0.1) is 12.7 Å². The normalized spacial score (nSPS) is 18.9. The highest BCUT2D eigenvalue weighted by atomic mass is 19.1. The van der Waals surface area contributed by atoms with Gasteiger partial charge in [-0.15, -0.1) is 0 Å². The van der Waals surface area contributed by atoms with Crippen molar-refractivity contribution in [3.05, 3.63) is 53.1 Å². The minimum Gasteiger partial charge on any atom is -0.396 e. The van der Waals surface area contributed by atoms with E-state index in [0.717, 1.165) is 44.7 Å². The standard InChI is InChI=1S/C21H31FN4O/c1-3-9-26-17(2)19(13-23-26)14-24-10-11-25(20(16-24)8-12-27)15-18-6-4-5-7-21(18)22/h4-7,13,20,27H,3,8-12,14-16H2,1-2H3/t20-/m1/s1. The van der Waals surface area contributed by atoms with Crippen LogP contribution in [0.25, 0.3) is 0 Å². The lowest BCUT2D eigenvalue weighted by Crippen LogP contribution is -2.52. The lowest BCUT2D eigenvalue weighted by molar-refractivity contribution is 0.0492. The fraction of sp³-hybridized carbons (Fsp3) is 0.571. The van der Waals surface area contributed by atoms with Crippen LogP contribution in [-0.4, -0.2) is 57.0 Å². The van der Waals surface area contributed by atoms with Crippen molar-refractivity contribution in [1.29, 1.82) is 0 Å². The first-order valence-electron chi connectivity index (χ1n) is 9.94. The predicted octanol–water partition coefficient (Wildman–Crippen LogP) is 2.81. The Morgan fingerprint density at radius 1 is 1.19 bits per heavy atom. The van der Waals surface area contributed by atoms with Gasteiger partial charge in [-0.05, 0) is 25.8 Å². The van der Waals surface area contributed by atoms with Gasteiger partial charge < -0.3 is 5.11 Å². The van der Waals surface area contributed by atoms with Gasteiger partial charge in [-0.25, -0.2) is 4.39 Å². The fourth-order valence-electron chi connectivity index (χ4n) is 3.90. The lowest BCUT2D eigenvalue weighted by atomic mass is 10.1. The van der Waals surface area contributed by atoms with E-state index in [1.165, 1.54) is 17.3 Å². The third kappa shape index (κ3) is 4.94. The van der Waals surface area contributed by atoms with Crippen LogP contribution >= 0.6 is 0 Å². The van der Waals surface area contributed by atoms with E-state index in [2.05, 4.69) is 33.4 Å². The molecule has 0 spiro atoms. The van der Waals surface area contributed by atoms with Gasteiger partial charge in [0.05, 0.1) is 6.20 Å². The van der Waals surface area contributed by atoms with Gasteiger partial charge in [-0.3, -0.25) is 14.5 Å². The van der Waals surface area contributed by atoms with Crippen molar-refractivity contribution < 1.29 is 9.50 Å². The molecular weight excluding hydrogens is 343 g/mol. The van der Waals surface area contributed by atoms with Crippen LogP contribution in [0.1, 0.15) is 36.6 Å². The molecule has 3 rings (SSSR count). The van der Waals surface area contributed by atoms with Crippen molar-refractivity contribution in [3.8, 4) is 0 Å². The minimum atomic E-state index is -0.151. The minimum absolute atomic E-state index is 0.151. The Morgan fingerprint density at radius 3 is 2.74 bits per heavy atom. The fourth-order valence-corrected chi connectivity index (χ4v) is 3.90. The number of hydrogen-bond acceptors (Lipinski definition) is 4. The first-order valence-corrected chi connectivity index (χ1v) is 9.94. The number of rotatable bonds is 8. The van der Waals surface area contributed by atoms with Crippen LogP contribution in [-0.2, 0) is 19.6 Å². The molecule has 0 bridgehead atoms. The summed E-state index contributed by atoms with van der Waals surface area (Å²) < 4.78 is 16.1. The van der Waals surface area contributed by atoms with Crippen molar-refractivity contribution in [1.82, 2.24) is 19.6 Å². The summed E-state index contributed by atoms with van der Waals surface area (Å²) in [6.07, 6.45) is 3.77. The van der Waals surface area contributed by atoms with Crippen LogP contribution in [0.3, 0.4) is 0 Å². The molecule has 1 aliphatic rings. The predicted molar refractivity (Wildman–Crippen MR) is 105 cm³/mol. The first kappa shape index (κ1) is 20.0. The molecule has 1 aromatic carbocycles. The smallest absolute Gasteiger partial charge is 0.127 e. The van der Waals surface area contributed by atoms with Crippen molar-refractivity contribution >= 4 is 0 Å². The van der Waals surface area contributed by atoms with Gasteiger partial charge in [0.1, 0.15) is 5.82 Å². The third-order valence-electron chi connectivity index (χ3n) is 5.52. The molecule has 148 valence electrons. The van der Waals surface area contributed by atoms with Gasteiger partial charge >= 0.3 is 0 Å². The Hall–Kier alpha value is -1.76. The molecule has 1 aromatic heterocycles. The molecule has 0 radical (unpaired) electrons. The SMILES string of the molecule is CCCn1ncc(CN2CCN(Cc3ccccc3F)[C@H](CCO)C2)c1C. The number of aliphatic hydroxyl groups is 1. The number of nitrogens with zero attached hydrogens (tertiary/aromatic N) is 4. The number of aromatic nitrogens is 2. The third-order valence-corrected chi connectivity index (χ3v) is 5.52. The van der Waals surface area contributed by atoms with Gasteiger partial charge in [0.15, 0.2) is 0 Å². The van der Waals surface area contributed by atoms with Crippen LogP contribution in [0.4, 0.5) is 4.39 Å². The van der Waals surface area contributed by atoms with Gasteiger partial charge in [-0.2, -0.15) is 5.10 Å². The molecule has 2 aromatic rings. The number of halogens is 1. The molecule has 1 N–H and O–H groups in total. The highest BCUT2D eigenvalue weighted by molar-refractivity contribution is 5.18. The molecule has 2 heterocycles. The Morgan fingerprint density at radius 2 is 2.00 bits per heavy atom. The van der Waals surface area contributed by atoms with E-state index in [1.54, 1.807) is 6.07 Å². The quantitative estimate of drug-likeness (QED) is 0.772. The zero-order valence-electron chi connectivity index (χ0n) is 16.4. The van der Waals surface area contributed by atoms with Gasteiger partial charge in [0.2, 0.25) is 0 Å². The Kier molecular flexibility index (Phi) is 6.99. The number of piperazine rings is 1. The average molecular weight is 375 g/mol. The van der Waals surface area contributed by atoms with Crippen molar-refractivity contribution in [3.63, 3.8) is 0 Å². The summed E-state index contributed by atoms with van der Waals surface area (Å²) >= 11 is 0. The van der Waals surface area contributed by atoms with Crippen LogP contribution < -0.4 is 0 Å². The molecule has 5 nitrogen and oxygen atoms in total.